The van der Waals surface area contributed by atoms with E-state index >= 15 is 0 Å². The number of aryl methyl sites for hydroxylation is 1. The fraction of sp³-hybridized carbons (Fsp3) is 0.500. The molecular weight excluding hydrogens is 182 g/mol. The zero-order valence-corrected chi connectivity index (χ0v) is 9.40. The van der Waals surface area contributed by atoms with Gasteiger partial charge in [0.1, 0.15) is 0 Å². The van der Waals surface area contributed by atoms with Gasteiger partial charge in [0.15, 0.2) is 0 Å². The van der Waals surface area contributed by atoms with Crippen LogP contribution >= 0.6 is 0 Å². The summed E-state index contributed by atoms with van der Waals surface area (Å²) in [5.41, 5.74) is 4.30. The Balaban J connectivity index is 2.11. The predicted octanol–water partition coefficient (Wildman–Crippen LogP) is 3.08. The number of benzene rings is 1. The van der Waals surface area contributed by atoms with Crippen molar-refractivity contribution in [3.63, 3.8) is 0 Å². The molecule has 0 radical (unpaired) electrons. The third-order valence-electron chi connectivity index (χ3n) is 4.11. The van der Waals surface area contributed by atoms with Crippen molar-refractivity contribution < 1.29 is 0 Å². The van der Waals surface area contributed by atoms with E-state index in [4.69, 9.17) is 4.99 Å². The highest BCUT2D eigenvalue weighted by atomic mass is 14.9. The van der Waals surface area contributed by atoms with Gasteiger partial charge in [0.2, 0.25) is 0 Å². The molecule has 0 N–H and O–H groups in total. The van der Waals surface area contributed by atoms with E-state index in [0.717, 1.165) is 11.8 Å². The maximum absolute atomic E-state index is 4.85. The van der Waals surface area contributed by atoms with Gasteiger partial charge in [-0.25, -0.2) is 0 Å². The molecule has 0 saturated heterocycles. The molecule has 1 aliphatic heterocycles. The maximum Gasteiger partial charge on any atom is 0.0507 e. The van der Waals surface area contributed by atoms with E-state index in [1.165, 1.54) is 29.7 Å². The lowest BCUT2D eigenvalue weighted by Crippen LogP contribution is -2.25. The number of nitrogens with zero attached hydrogens (tertiary/aromatic N) is 1. The summed E-state index contributed by atoms with van der Waals surface area (Å²) in [5, 5.41) is 0. The zero-order valence-electron chi connectivity index (χ0n) is 9.40. The standard InChI is InChI=1S/C14H17N/c1-9-10(2)15-14-12(9)8-7-11-5-3-4-6-13(11)14/h3-6,9-10,12H,7-8H2,1-2H3/t9-,10?,12?/m0/s1. The second kappa shape index (κ2) is 3.19. The lowest BCUT2D eigenvalue weighted by molar-refractivity contribution is 0.406. The Labute approximate surface area is 91.2 Å². The first-order valence-corrected chi connectivity index (χ1v) is 5.93. The molecule has 0 saturated carbocycles. The summed E-state index contributed by atoms with van der Waals surface area (Å²) in [4.78, 5) is 4.85. The number of hydrogen-bond acceptors (Lipinski definition) is 1. The molecule has 15 heavy (non-hydrogen) atoms. The molecule has 1 aromatic rings. The normalized spacial score (nSPS) is 33.2. The van der Waals surface area contributed by atoms with E-state index < -0.39 is 0 Å². The first-order chi connectivity index (χ1) is 7.27. The van der Waals surface area contributed by atoms with Gasteiger partial charge in [-0.2, -0.15) is 0 Å². The van der Waals surface area contributed by atoms with Crippen LogP contribution in [-0.4, -0.2) is 11.8 Å². The van der Waals surface area contributed by atoms with Gasteiger partial charge in [0, 0.05) is 11.6 Å². The summed E-state index contributed by atoms with van der Waals surface area (Å²) >= 11 is 0. The van der Waals surface area contributed by atoms with Crippen molar-refractivity contribution in [3.8, 4) is 0 Å². The van der Waals surface area contributed by atoms with E-state index in [2.05, 4.69) is 38.1 Å². The van der Waals surface area contributed by atoms with Gasteiger partial charge in [0.25, 0.3) is 0 Å². The van der Waals surface area contributed by atoms with Gasteiger partial charge in [-0.05, 0) is 36.8 Å². The van der Waals surface area contributed by atoms with E-state index in [0.29, 0.717) is 6.04 Å². The van der Waals surface area contributed by atoms with Crippen LogP contribution in [0, 0.1) is 11.8 Å². The minimum Gasteiger partial charge on any atom is -0.285 e. The average molecular weight is 199 g/mol. The lowest BCUT2D eigenvalue weighted by Gasteiger charge is -2.25. The van der Waals surface area contributed by atoms with Gasteiger partial charge in [-0.3, -0.25) is 4.99 Å². The molecule has 0 fully saturated rings. The van der Waals surface area contributed by atoms with Crippen molar-refractivity contribution in [3.05, 3.63) is 35.4 Å². The van der Waals surface area contributed by atoms with Crippen LogP contribution in [0.5, 0.6) is 0 Å². The number of rotatable bonds is 0. The van der Waals surface area contributed by atoms with Crippen molar-refractivity contribution in [1.82, 2.24) is 0 Å². The van der Waals surface area contributed by atoms with Gasteiger partial charge >= 0.3 is 0 Å². The highest BCUT2D eigenvalue weighted by Crippen LogP contribution is 2.37. The molecule has 0 spiro atoms. The molecule has 3 rings (SSSR count). The molecule has 2 aliphatic rings. The summed E-state index contributed by atoms with van der Waals surface area (Å²) in [6, 6.07) is 9.28. The van der Waals surface area contributed by atoms with Crippen molar-refractivity contribution >= 4 is 5.71 Å². The molecule has 1 nitrogen and oxygen atoms in total. The van der Waals surface area contributed by atoms with E-state index in [1.807, 2.05) is 0 Å². The van der Waals surface area contributed by atoms with Crippen LogP contribution in [0.4, 0.5) is 0 Å². The molecule has 78 valence electrons. The molecule has 1 aromatic carbocycles. The summed E-state index contributed by atoms with van der Waals surface area (Å²) in [7, 11) is 0. The molecule has 1 aliphatic carbocycles. The Morgan fingerprint density at radius 1 is 1.20 bits per heavy atom. The number of aliphatic imine (C=N–C) groups is 1. The predicted molar refractivity (Wildman–Crippen MR) is 63.4 cm³/mol. The lowest BCUT2D eigenvalue weighted by atomic mass is 9.77. The monoisotopic (exact) mass is 199 g/mol. The van der Waals surface area contributed by atoms with E-state index in [1.54, 1.807) is 0 Å². The van der Waals surface area contributed by atoms with Crippen molar-refractivity contribution in [1.29, 1.82) is 0 Å². The van der Waals surface area contributed by atoms with Crippen LogP contribution in [-0.2, 0) is 6.42 Å². The maximum atomic E-state index is 4.85. The Morgan fingerprint density at radius 3 is 2.87 bits per heavy atom. The van der Waals surface area contributed by atoms with Crippen LogP contribution in [0.2, 0.25) is 0 Å². The minimum atomic E-state index is 0.510. The Kier molecular flexibility index (Phi) is 1.95. The summed E-state index contributed by atoms with van der Waals surface area (Å²) in [6.45, 7) is 4.60. The van der Waals surface area contributed by atoms with Crippen molar-refractivity contribution in [2.45, 2.75) is 32.7 Å². The molecule has 0 bridgehead atoms. The van der Waals surface area contributed by atoms with Gasteiger partial charge in [-0.15, -0.1) is 0 Å². The largest absolute Gasteiger partial charge is 0.285 e. The molecular formula is C14H17N. The molecule has 0 amide bonds. The molecule has 1 heterocycles. The summed E-state index contributed by atoms with van der Waals surface area (Å²) < 4.78 is 0. The van der Waals surface area contributed by atoms with Gasteiger partial charge in [-0.1, -0.05) is 31.2 Å². The molecule has 1 heteroatoms. The third-order valence-corrected chi connectivity index (χ3v) is 4.11. The number of hydrogen-bond donors (Lipinski definition) is 0. The second-order valence-corrected chi connectivity index (χ2v) is 4.92. The van der Waals surface area contributed by atoms with Crippen LogP contribution < -0.4 is 0 Å². The quantitative estimate of drug-likeness (QED) is 0.609. The van der Waals surface area contributed by atoms with E-state index in [-0.39, 0.29) is 0 Å². The summed E-state index contributed by atoms with van der Waals surface area (Å²) in [6.07, 6.45) is 2.53. The highest BCUT2D eigenvalue weighted by Gasteiger charge is 2.36. The van der Waals surface area contributed by atoms with Crippen molar-refractivity contribution in [2.75, 3.05) is 0 Å². The fourth-order valence-electron chi connectivity index (χ4n) is 2.99. The summed E-state index contributed by atoms with van der Waals surface area (Å²) in [5.74, 6) is 1.45. The smallest absolute Gasteiger partial charge is 0.0507 e. The Bertz CT molecular complexity index is 419. The average Bonchev–Trinajstić information content (AvgIpc) is 2.56. The Hall–Kier alpha value is -1.11. The Morgan fingerprint density at radius 2 is 2.00 bits per heavy atom. The van der Waals surface area contributed by atoms with Gasteiger partial charge < -0.3 is 0 Å². The topological polar surface area (TPSA) is 12.4 Å². The molecule has 2 unspecified atom stereocenters. The number of fused-ring (bicyclic) bond motifs is 3. The van der Waals surface area contributed by atoms with Crippen molar-refractivity contribution in [2.24, 2.45) is 16.8 Å². The van der Waals surface area contributed by atoms with Crippen LogP contribution in [0.1, 0.15) is 31.4 Å². The van der Waals surface area contributed by atoms with Crippen LogP contribution in [0.25, 0.3) is 0 Å². The second-order valence-electron chi connectivity index (χ2n) is 4.92. The fourth-order valence-corrected chi connectivity index (χ4v) is 2.99. The first kappa shape index (κ1) is 9.14. The van der Waals surface area contributed by atoms with E-state index in [9.17, 15) is 0 Å². The molecule has 3 atom stereocenters. The molecule has 0 aromatic heterocycles. The minimum absolute atomic E-state index is 0.510. The van der Waals surface area contributed by atoms with Crippen LogP contribution in [0.3, 0.4) is 0 Å². The third kappa shape index (κ3) is 1.26. The highest BCUT2D eigenvalue weighted by molar-refractivity contribution is 6.05. The zero-order chi connectivity index (χ0) is 10.4. The van der Waals surface area contributed by atoms with Gasteiger partial charge in [0.05, 0.1) is 6.04 Å². The first-order valence-electron chi connectivity index (χ1n) is 5.93. The van der Waals surface area contributed by atoms with Crippen LogP contribution in [0.15, 0.2) is 29.3 Å². The SMILES string of the molecule is CC1N=C2c3ccccc3CCC2[C@H]1C.